The van der Waals surface area contributed by atoms with E-state index in [1.165, 1.54) is 14.2 Å². The molecule has 9 nitrogen and oxygen atoms in total. The lowest BCUT2D eigenvalue weighted by atomic mass is 9.97. The van der Waals surface area contributed by atoms with Crippen LogP contribution in [-0.2, 0) is 4.74 Å². The maximum Gasteiger partial charge on any atom is 0.348 e. The summed E-state index contributed by atoms with van der Waals surface area (Å²) in [7, 11) is 3.04. The van der Waals surface area contributed by atoms with Gasteiger partial charge in [0, 0.05) is 11.1 Å². The zero-order valence-electron chi connectivity index (χ0n) is 20.2. The summed E-state index contributed by atoms with van der Waals surface area (Å²) < 4.78 is 32.5. The average Bonchev–Trinajstić information content (AvgIpc) is 3.28. The Hall–Kier alpha value is -4.53. The fourth-order valence-corrected chi connectivity index (χ4v) is 3.74. The van der Waals surface area contributed by atoms with Crippen molar-refractivity contribution in [3.05, 3.63) is 75.6 Å². The van der Waals surface area contributed by atoms with Crippen LogP contribution in [0.25, 0.3) is 22.3 Å². The van der Waals surface area contributed by atoms with Crippen LogP contribution in [0.2, 0.25) is 0 Å². The van der Waals surface area contributed by atoms with Crippen molar-refractivity contribution in [2.45, 2.75) is 13.8 Å². The SMILES string of the molecule is CCOC(=O)c1c(OCC)oc2c(C(=O)c3ccc(OC)cc3)c(-c3ccc(OC)cc3)oc(=O)c12. The number of fused-ring (bicyclic) bond motifs is 1. The molecule has 2 aromatic heterocycles. The highest BCUT2D eigenvalue weighted by Gasteiger charge is 2.33. The Morgan fingerprint density at radius 3 is 1.97 bits per heavy atom. The Balaban J connectivity index is 2.05. The number of benzene rings is 2. The molecule has 0 saturated carbocycles. The van der Waals surface area contributed by atoms with Crippen LogP contribution >= 0.6 is 0 Å². The number of carbonyl (C=O) groups excluding carboxylic acids is 2. The van der Waals surface area contributed by atoms with Gasteiger partial charge in [-0.25, -0.2) is 9.59 Å². The molecule has 4 aromatic rings. The van der Waals surface area contributed by atoms with Gasteiger partial charge >= 0.3 is 17.5 Å². The maximum absolute atomic E-state index is 13.8. The molecule has 0 saturated heterocycles. The molecule has 4 rings (SSSR count). The minimum atomic E-state index is -0.875. The van der Waals surface area contributed by atoms with E-state index in [4.69, 9.17) is 27.8 Å². The minimum Gasteiger partial charge on any atom is -0.497 e. The number of ether oxygens (including phenoxy) is 4. The number of ketones is 1. The molecule has 0 N–H and O–H groups in total. The molecule has 0 aliphatic rings. The first kappa shape index (κ1) is 24.6. The second kappa shape index (κ2) is 10.4. The molecule has 0 aliphatic carbocycles. The summed E-state index contributed by atoms with van der Waals surface area (Å²) in [5, 5.41) is -0.231. The highest BCUT2D eigenvalue weighted by Crippen LogP contribution is 2.38. The lowest BCUT2D eigenvalue weighted by Crippen LogP contribution is -2.13. The molecule has 9 heteroatoms. The molecule has 2 heterocycles. The number of carbonyl (C=O) groups is 2. The van der Waals surface area contributed by atoms with Crippen molar-refractivity contribution in [3.8, 4) is 28.8 Å². The Morgan fingerprint density at radius 2 is 1.42 bits per heavy atom. The second-order valence-electron chi connectivity index (χ2n) is 7.50. The second-order valence-corrected chi connectivity index (χ2v) is 7.50. The Morgan fingerprint density at radius 1 is 0.806 bits per heavy atom. The lowest BCUT2D eigenvalue weighted by molar-refractivity contribution is 0.0520. The van der Waals surface area contributed by atoms with Gasteiger partial charge in [0.2, 0.25) is 5.78 Å². The predicted octanol–water partition coefficient (Wildman–Crippen LogP) is 4.88. The topological polar surface area (TPSA) is 114 Å². The van der Waals surface area contributed by atoms with E-state index in [9.17, 15) is 14.4 Å². The Bertz CT molecular complexity index is 1460. The number of methoxy groups -OCH3 is 2. The molecule has 36 heavy (non-hydrogen) atoms. The third-order valence-corrected chi connectivity index (χ3v) is 5.42. The molecule has 186 valence electrons. The smallest absolute Gasteiger partial charge is 0.348 e. The lowest BCUT2D eigenvalue weighted by Gasteiger charge is -2.10. The number of esters is 1. The zero-order valence-corrected chi connectivity index (χ0v) is 20.2. The number of hydrogen-bond acceptors (Lipinski definition) is 9. The van der Waals surface area contributed by atoms with E-state index in [1.807, 2.05) is 0 Å². The molecule has 0 radical (unpaired) electrons. The highest BCUT2D eigenvalue weighted by atomic mass is 16.6. The first-order valence-corrected chi connectivity index (χ1v) is 11.2. The fourth-order valence-electron chi connectivity index (χ4n) is 3.74. The van der Waals surface area contributed by atoms with Crippen molar-refractivity contribution in [3.63, 3.8) is 0 Å². The van der Waals surface area contributed by atoms with Gasteiger partial charge in [-0.2, -0.15) is 0 Å². The van der Waals surface area contributed by atoms with Gasteiger partial charge in [-0.3, -0.25) is 4.79 Å². The van der Waals surface area contributed by atoms with Crippen LogP contribution in [0.1, 0.15) is 40.1 Å². The van der Waals surface area contributed by atoms with Gasteiger partial charge in [-0.05, 0) is 62.4 Å². The van der Waals surface area contributed by atoms with Gasteiger partial charge in [-0.1, -0.05) is 0 Å². The monoisotopic (exact) mass is 492 g/mol. The molecule has 0 amide bonds. The Kier molecular flexibility index (Phi) is 7.10. The molecular formula is C27H24O9. The number of hydrogen-bond donors (Lipinski definition) is 0. The van der Waals surface area contributed by atoms with E-state index in [-0.39, 0.29) is 52.6 Å². The summed E-state index contributed by atoms with van der Waals surface area (Å²) in [5.74, 6) is -0.437. The minimum absolute atomic E-state index is 0.0248. The molecule has 0 spiro atoms. The van der Waals surface area contributed by atoms with E-state index < -0.39 is 17.4 Å². The quantitative estimate of drug-likeness (QED) is 0.238. The van der Waals surface area contributed by atoms with Crippen LogP contribution in [0.15, 0.2) is 62.2 Å². The van der Waals surface area contributed by atoms with Gasteiger partial charge in [0.05, 0.1) is 27.4 Å². The van der Waals surface area contributed by atoms with Gasteiger partial charge < -0.3 is 27.8 Å². The van der Waals surface area contributed by atoms with Crippen LogP contribution in [-0.4, -0.2) is 39.2 Å². The van der Waals surface area contributed by atoms with Crippen LogP contribution in [0.5, 0.6) is 17.4 Å². The molecular weight excluding hydrogens is 468 g/mol. The third kappa shape index (κ3) is 4.43. The summed E-state index contributed by atoms with van der Waals surface area (Å²) in [6.45, 7) is 3.52. The van der Waals surface area contributed by atoms with Crippen molar-refractivity contribution < 1.29 is 37.4 Å². The summed E-state index contributed by atoms with van der Waals surface area (Å²) in [6, 6.07) is 13.0. The fraction of sp³-hybridized carbons (Fsp3) is 0.222. The van der Waals surface area contributed by atoms with Crippen molar-refractivity contribution >= 4 is 22.7 Å². The van der Waals surface area contributed by atoms with Crippen molar-refractivity contribution in [2.75, 3.05) is 27.4 Å². The van der Waals surface area contributed by atoms with Crippen LogP contribution in [0.4, 0.5) is 0 Å². The predicted molar refractivity (Wildman–Crippen MR) is 130 cm³/mol. The van der Waals surface area contributed by atoms with E-state index >= 15 is 0 Å². The van der Waals surface area contributed by atoms with Crippen molar-refractivity contribution in [1.29, 1.82) is 0 Å². The van der Waals surface area contributed by atoms with Crippen LogP contribution in [0.3, 0.4) is 0 Å². The maximum atomic E-state index is 13.8. The summed E-state index contributed by atoms with van der Waals surface area (Å²) in [6.07, 6.45) is 0. The number of furan rings is 1. The third-order valence-electron chi connectivity index (χ3n) is 5.42. The summed E-state index contributed by atoms with van der Waals surface area (Å²) >= 11 is 0. The normalized spacial score (nSPS) is 10.8. The molecule has 0 unspecified atom stereocenters. The molecule has 0 fully saturated rings. The molecule has 0 atom stereocenters. The van der Waals surface area contributed by atoms with Gasteiger partial charge in [-0.15, -0.1) is 0 Å². The van der Waals surface area contributed by atoms with Gasteiger partial charge in [0.15, 0.2) is 16.9 Å². The van der Waals surface area contributed by atoms with Gasteiger partial charge in [0.25, 0.3) is 0 Å². The van der Waals surface area contributed by atoms with E-state index in [0.717, 1.165) is 0 Å². The van der Waals surface area contributed by atoms with Crippen LogP contribution in [0, 0.1) is 0 Å². The Labute approximate surface area is 206 Å². The van der Waals surface area contributed by atoms with Crippen molar-refractivity contribution in [1.82, 2.24) is 0 Å². The molecule has 0 aliphatic heterocycles. The average molecular weight is 492 g/mol. The first-order valence-electron chi connectivity index (χ1n) is 11.2. The molecule has 2 aromatic carbocycles. The standard InChI is InChI=1S/C27H24O9/c1-5-33-25(29)20-19-24(36-27(20)34-6-2)21(22(28)15-7-11-17(31-3)12-8-15)23(35-26(19)30)16-9-13-18(32-4)14-10-16/h7-14H,5-6H2,1-4H3. The molecule has 0 bridgehead atoms. The van der Waals surface area contributed by atoms with Gasteiger partial charge in [0.1, 0.15) is 22.4 Å². The summed E-state index contributed by atoms with van der Waals surface area (Å²) in [4.78, 5) is 39.8. The first-order chi connectivity index (χ1) is 17.4. The van der Waals surface area contributed by atoms with E-state index in [2.05, 4.69) is 0 Å². The number of rotatable bonds is 9. The summed E-state index contributed by atoms with van der Waals surface area (Å²) in [5.41, 5.74) is -0.570. The van der Waals surface area contributed by atoms with Crippen molar-refractivity contribution in [2.24, 2.45) is 0 Å². The zero-order chi connectivity index (χ0) is 25.8. The largest absolute Gasteiger partial charge is 0.497 e. The van der Waals surface area contributed by atoms with E-state index in [0.29, 0.717) is 17.1 Å². The highest BCUT2D eigenvalue weighted by molar-refractivity contribution is 6.20. The van der Waals surface area contributed by atoms with Crippen LogP contribution < -0.4 is 19.8 Å². The van der Waals surface area contributed by atoms with E-state index in [1.54, 1.807) is 62.4 Å².